The highest BCUT2D eigenvalue weighted by atomic mass is 32.2. The first-order chi connectivity index (χ1) is 20.2. The van der Waals surface area contributed by atoms with Gasteiger partial charge in [0.2, 0.25) is 15.8 Å². The van der Waals surface area contributed by atoms with Gasteiger partial charge in [0, 0.05) is 31.7 Å². The molecule has 1 aliphatic heterocycles. The number of nitro groups is 1. The van der Waals surface area contributed by atoms with Crippen molar-refractivity contribution in [3.63, 3.8) is 0 Å². The van der Waals surface area contributed by atoms with E-state index < -0.39 is 44.6 Å². The molecule has 2 N–H and O–H groups in total. The molecular formula is C26H20F4N6O6S. The number of carbonyl (C=O) groups excluding carboxylic acids is 1. The molecule has 12 nitrogen and oxygen atoms in total. The molecule has 0 saturated carbocycles. The van der Waals surface area contributed by atoms with Crippen LogP contribution in [-0.4, -0.2) is 60.3 Å². The summed E-state index contributed by atoms with van der Waals surface area (Å²) in [5.41, 5.74) is 0.287. The minimum absolute atomic E-state index is 0.00559. The van der Waals surface area contributed by atoms with Gasteiger partial charge in [-0.25, -0.2) is 27.9 Å². The minimum atomic E-state index is -4.97. The van der Waals surface area contributed by atoms with Gasteiger partial charge >= 0.3 is 12.1 Å². The van der Waals surface area contributed by atoms with Crippen LogP contribution in [0.15, 0.2) is 70.0 Å². The van der Waals surface area contributed by atoms with Gasteiger partial charge in [0.1, 0.15) is 16.6 Å². The fourth-order valence-corrected chi connectivity index (χ4v) is 5.03. The van der Waals surface area contributed by atoms with Crippen molar-refractivity contribution in [2.75, 3.05) is 31.1 Å². The van der Waals surface area contributed by atoms with Crippen molar-refractivity contribution in [1.82, 2.24) is 14.9 Å². The number of aromatic nitrogens is 2. The summed E-state index contributed by atoms with van der Waals surface area (Å²) in [4.78, 5) is 33.2. The van der Waals surface area contributed by atoms with Gasteiger partial charge < -0.3 is 14.2 Å². The number of hydrogen-bond donors (Lipinski definition) is 1. The number of amides is 1. The summed E-state index contributed by atoms with van der Waals surface area (Å²) in [5, 5.41) is 16.1. The van der Waals surface area contributed by atoms with Crippen molar-refractivity contribution >= 4 is 27.6 Å². The topological polar surface area (TPSA) is 166 Å². The molecule has 1 saturated heterocycles. The molecule has 1 fully saturated rings. The number of nitrogens with zero attached hydrogens (tertiary/aromatic N) is 5. The van der Waals surface area contributed by atoms with Crippen molar-refractivity contribution in [1.29, 1.82) is 0 Å². The fraction of sp³-hybridized carbons (Fsp3) is 0.192. The number of primary sulfonamides is 1. The third kappa shape index (κ3) is 6.17. The van der Waals surface area contributed by atoms with Crippen LogP contribution >= 0.6 is 0 Å². The van der Waals surface area contributed by atoms with Crippen LogP contribution in [0, 0.1) is 15.9 Å². The van der Waals surface area contributed by atoms with Gasteiger partial charge in [-0.05, 0) is 48.0 Å². The highest BCUT2D eigenvalue weighted by Gasteiger charge is 2.38. The van der Waals surface area contributed by atoms with Crippen LogP contribution in [0.2, 0.25) is 0 Å². The Kier molecular flexibility index (Phi) is 7.61. The molecule has 224 valence electrons. The van der Waals surface area contributed by atoms with Gasteiger partial charge in [-0.1, -0.05) is 12.1 Å². The maximum Gasteiger partial charge on any atom is 0.451 e. The minimum Gasteiger partial charge on any atom is -0.395 e. The predicted molar refractivity (Wildman–Crippen MR) is 143 cm³/mol. The molecule has 0 unspecified atom stereocenters. The average molecular weight is 621 g/mol. The zero-order valence-corrected chi connectivity index (χ0v) is 22.6. The molecule has 0 radical (unpaired) electrons. The second-order valence-electron chi connectivity index (χ2n) is 9.34. The molecule has 0 atom stereocenters. The Balaban J connectivity index is 1.58. The smallest absolute Gasteiger partial charge is 0.395 e. The van der Waals surface area contributed by atoms with Crippen molar-refractivity contribution in [2.24, 2.45) is 5.14 Å². The summed E-state index contributed by atoms with van der Waals surface area (Å²) in [6.45, 7) is -0.0231. The molecule has 5 rings (SSSR count). The number of furan rings is 1. The molecule has 43 heavy (non-hydrogen) atoms. The first kappa shape index (κ1) is 29.6. The number of hydrogen-bond acceptors (Lipinski definition) is 9. The number of halogens is 4. The lowest BCUT2D eigenvalue weighted by molar-refractivity contribution is -0.402. The maximum absolute atomic E-state index is 14.0. The van der Waals surface area contributed by atoms with E-state index in [1.54, 1.807) is 0 Å². The van der Waals surface area contributed by atoms with Crippen molar-refractivity contribution in [3.05, 3.63) is 88.2 Å². The van der Waals surface area contributed by atoms with E-state index in [0.717, 1.165) is 24.3 Å². The van der Waals surface area contributed by atoms with Crippen molar-refractivity contribution in [3.8, 4) is 22.4 Å². The molecule has 2 aromatic heterocycles. The van der Waals surface area contributed by atoms with E-state index in [0.29, 0.717) is 0 Å². The van der Waals surface area contributed by atoms with Crippen LogP contribution in [0.4, 0.5) is 29.3 Å². The largest absolute Gasteiger partial charge is 0.451 e. The highest BCUT2D eigenvalue weighted by Crippen LogP contribution is 2.41. The van der Waals surface area contributed by atoms with Crippen LogP contribution in [-0.2, 0) is 16.2 Å². The van der Waals surface area contributed by atoms with E-state index in [2.05, 4.69) is 9.97 Å². The zero-order valence-electron chi connectivity index (χ0n) is 21.8. The quantitative estimate of drug-likeness (QED) is 0.190. The summed E-state index contributed by atoms with van der Waals surface area (Å²) in [6, 6.07) is 11.9. The third-order valence-corrected chi connectivity index (χ3v) is 7.51. The molecule has 17 heteroatoms. The van der Waals surface area contributed by atoms with Gasteiger partial charge in [0.15, 0.2) is 5.76 Å². The number of nitrogens with two attached hydrogens (primary N) is 1. The van der Waals surface area contributed by atoms with Gasteiger partial charge in [-0.2, -0.15) is 13.2 Å². The van der Waals surface area contributed by atoms with E-state index in [4.69, 9.17) is 9.56 Å². The molecule has 0 aliphatic carbocycles. The Bertz CT molecular complexity index is 1800. The molecule has 0 bridgehead atoms. The molecule has 1 aliphatic rings. The van der Waals surface area contributed by atoms with Gasteiger partial charge in [0.05, 0.1) is 22.2 Å². The van der Waals surface area contributed by atoms with Crippen LogP contribution in [0.5, 0.6) is 0 Å². The Labute approximate surface area is 240 Å². The maximum atomic E-state index is 14.0. The molecule has 4 aromatic rings. The Morgan fingerprint density at radius 3 is 2.07 bits per heavy atom. The molecular weight excluding hydrogens is 600 g/mol. The van der Waals surface area contributed by atoms with E-state index in [1.165, 1.54) is 46.2 Å². The number of piperazine rings is 1. The van der Waals surface area contributed by atoms with E-state index in [-0.39, 0.29) is 65.0 Å². The van der Waals surface area contributed by atoms with E-state index in [1.807, 2.05) is 0 Å². The first-order valence-electron chi connectivity index (χ1n) is 12.4. The van der Waals surface area contributed by atoms with Crippen LogP contribution in [0.25, 0.3) is 22.4 Å². The molecule has 2 aromatic carbocycles. The van der Waals surface area contributed by atoms with Crippen LogP contribution < -0.4 is 10.0 Å². The normalized spacial score (nSPS) is 14.2. The summed E-state index contributed by atoms with van der Waals surface area (Å²) < 4.78 is 84.4. The summed E-state index contributed by atoms with van der Waals surface area (Å²) in [7, 11) is -4.08. The first-order valence-corrected chi connectivity index (χ1v) is 13.9. The van der Waals surface area contributed by atoms with Gasteiger partial charge in [0.25, 0.3) is 5.91 Å². The van der Waals surface area contributed by atoms with Gasteiger partial charge in [-0.15, -0.1) is 0 Å². The average Bonchev–Trinajstić information content (AvgIpc) is 3.47. The second kappa shape index (κ2) is 11.1. The lowest BCUT2D eigenvalue weighted by atomic mass is 9.98. The molecule has 1 amide bonds. The molecule has 0 spiro atoms. The van der Waals surface area contributed by atoms with Crippen LogP contribution in [0.3, 0.4) is 0 Å². The second-order valence-corrected chi connectivity index (χ2v) is 10.9. The lowest BCUT2D eigenvalue weighted by Crippen LogP contribution is -2.49. The number of alkyl halides is 3. The molecule has 3 heterocycles. The zero-order chi connectivity index (χ0) is 31.1. The number of rotatable bonds is 6. The highest BCUT2D eigenvalue weighted by molar-refractivity contribution is 7.89. The Morgan fingerprint density at radius 1 is 0.930 bits per heavy atom. The predicted octanol–water partition coefficient (Wildman–Crippen LogP) is 4.08. The summed E-state index contributed by atoms with van der Waals surface area (Å²) in [5.74, 6) is -3.78. The van der Waals surface area contributed by atoms with E-state index >= 15 is 0 Å². The monoisotopic (exact) mass is 620 g/mol. The number of anilines is 1. The fourth-order valence-electron chi connectivity index (χ4n) is 4.52. The lowest BCUT2D eigenvalue weighted by Gasteiger charge is -2.36. The number of carbonyl (C=O) groups is 1. The summed E-state index contributed by atoms with van der Waals surface area (Å²) >= 11 is 0. The van der Waals surface area contributed by atoms with Crippen molar-refractivity contribution < 1.29 is 40.1 Å². The van der Waals surface area contributed by atoms with Gasteiger partial charge in [-0.3, -0.25) is 14.9 Å². The summed E-state index contributed by atoms with van der Waals surface area (Å²) in [6.07, 6.45) is -4.97. The van der Waals surface area contributed by atoms with Crippen LogP contribution in [0.1, 0.15) is 16.4 Å². The van der Waals surface area contributed by atoms with Crippen molar-refractivity contribution in [2.45, 2.75) is 11.1 Å². The Hall–Kier alpha value is -4.90. The standard InChI is InChI=1S/C26H20F4N6O6S/c27-17-5-1-16(2-6-17)22-21(15-3-7-18(8-4-15)43(31,40)41)23(33-25(32-22)26(28,29)30)34-11-13-35(14-12-34)24(37)19-9-10-20(42-19)36(38)39/h1-10H,11-14H2,(H2,31,40,41). The SMILES string of the molecule is NS(=O)(=O)c1ccc(-c2c(-c3ccc(F)cc3)nc(C(F)(F)F)nc2N2CCN(C(=O)c3ccc([N+](=O)[O-])o3)CC2)cc1. The third-order valence-electron chi connectivity index (χ3n) is 6.58. The Morgan fingerprint density at radius 2 is 1.53 bits per heavy atom. The number of sulfonamides is 1. The number of benzene rings is 2. The van der Waals surface area contributed by atoms with E-state index in [9.17, 15) is 40.9 Å².